The lowest BCUT2D eigenvalue weighted by Gasteiger charge is -2.09. The first kappa shape index (κ1) is 14.8. The number of carboxylic acids is 1. The van der Waals surface area contributed by atoms with Gasteiger partial charge in [-0.25, -0.2) is 14.6 Å². The average Bonchev–Trinajstić information content (AvgIpc) is 2.84. The number of thiazole rings is 1. The lowest BCUT2D eigenvalue weighted by molar-refractivity contribution is 0.0696. The summed E-state index contributed by atoms with van der Waals surface area (Å²) in [7, 11) is 0. The van der Waals surface area contributed by atoms with Gasteiger partial charge in [0.1, 0.15) is 5.75 Å². The minimum atomic E-state index is -1.15. The molecule has 1 heterocycles. The first-order valence-electron chi connectivity index (χ1n) is 5.97. The van der Waals surface area contributed by atoms with Crippen LogP contribution < -0.4 is 10.6 Å². The predicted octanol–water partition coefficient (Wildman–Crippen LogP) is 2.18. The van der Waals surface area contributed by atoms with Gasteiger partial charge in [0, 0.05) is 4.88 Å². The molecule has 0 aliphatic carbocycles. The Hall–Kier alpha value is -2.61. The molecule has 0 unspecified atom stereocenters. The van der Waals surface area contributed by atoms with Gasteiger partial charge < -0.3 is 20.8 Å². The molecule has 0 saturated carbocycles. The topological polar surface area (TPSA) is 112 Å². The van der Waals surface area contributed by atoms with Crippen molar-refractivity contribution in [1.29, 1.82) is 0 Å². The molecular formula is C13H13N3O4S. The summed E-state index contributed by atoms with van der Waals surface area (Å²) in [5, 5.41) is 23.5. The zero-order chi connectivity index (χ0) is 15.4. The minimum Gasteiger partial charge on any atom is -0.506 e. The van der Waals surface area contributed by atoms with Crippen molar-refractivity contribution in [1.82, 2.24) is 10.3 Å². The van der Waals surface area contributed by atoms with Gasteiger partial charge in [-0.15, -0.1) is 11.3 Å². The first-order valence-corrected chi connectivity index (χ1v) is 6.85. The van der Waals surface area contributed by atoms with Gasteiger partial charge >= 0.3 is 12.0 Å². The Kier molecular flexibility index (Phi) is 4.39. The SMILES string of the molecule is Cc1ncsc1CNC(=O)Nc1ccc(C(=O)O)cc1O. The van der Waals surface area contributed by atoms with E-state index in [9.17, 15) is 14.7 Å². The third kappa shape index (κ3) is 3.69. The number of nitrogens with one attached hydrogen (secondary N) is 2. The maximum absolute atomic E-state index is 11.7. The molecule has 0 fully saturated rings. The van der Waals surface area contributed by atoms with Crippen LogP contribution in [0.5, 0.6) is 5.75 Å². The molecule has 0 aliphatic rings. The number of carbonyl (C=O) groups is 2. The molecule has 0 saturated heterocycles. The van der Waals surface area contributed by atoms with Crippen molar-refractivity contribution < 1.29 is 19.8 Å². The Bertz CT molecular complexity index is 684. The molecule has 110 valence electrons. The molecule has 0 atom stereocenters. The van der Waals surface area contributed by atoms with E-state index < -0.39 is 12.0 Å². The highest BCUT2D eigenvalue weighted by Crippen LogP contribution is 2.24. The van der Waals surface area contributed by atoms with Crippen molar-refractivity contribution in [2.24, 2.45) is 0 Å². The fourth-order valence-corrected chi connectivity index (χ4v) is 2.31. The molecule has 2 rings (SSSR count). The maximum atomic E-state index is 11.7. The fourth-order valence-electron chi connectivity index (χ4n) is 1.59. The van der Waals surface area contributed by atoms with Crippen LogP contribution in [0, 0.1) is 6.92 Å². The number of aromatic carboxylic acids is 1. The smallest absolute Gasteiger partial charge is 0.335 e. The highest BCUT2D eigenvalue weighted by molar-refractivity contribution is 7.09. The molecule has 2 aromatic rings. The van der Waals surface area contributed by atoms with Gasteiger partial charge in [0.15, 0.2) is 0 Å². The monoisotopic (exact) mass is 307 g/mol. The van der Waals surface area contributed by atoms with E-state index in [1.165, 1.54) is 23.5 Å². The molecule has 7 nitrogen and oxygen atoms in total. The summed E-state index contributed by atoms with van der Waals surface area (Å²) in [5.74, 6) is -1.46. The third-order valence-corrected chi connectivity index (χ3v) is 3.68. The van der Waals surface area contributed by atoms with Crippen LogP contribution >= 0.6 is 11.3 Å². The van der Waals surface area contributed by atoms with E-state index in [1.807, 2.05) is 6.92 Å². The molecule has 1 aromatic carbocycles. The summed E-state index contributed by atoms with van der Waals surface area (Å²) in [6, 6.07) is 3.20. The molecule has 0 bridgehead atoms. The summed E-state index contributed by atoms with van der Waals surface area (Å²) < 4.78 is 0. The van der Waals surface area contributed by atoms with Crippen LogP contribution in [0.4, 0.5) is 10.5 Å². The normalized spacial score (nSPS) is 10.1. The second-order valence-electron chi connectivity index (χ2n) is 4.21. The Morgan fingerprint density at radius 2 is 2.14 bits per heavy atom. The molecule has 1 aromatic heterocycles. The van der Waals surface area contributed by atoms with Gasteiger partial charge in [-0.1, -0.05) is 0 Å². The summed E-state index contributed by atoms with van der Waals surface area (Å²) in [4.78, 5) is 27.5. The largest absolute Gasteiger partial charge is 0.506 e. The quantitative estimate of drug-likeness (QED) is 0.647. The third-order valence-electron chi connectivity index (χ3n) is 2.75. The number of urea groups is 1. The summed E-state index contributed by atoms with van der Waals surface area (Å²) in [6.45, 7) is 2.18. The molecular weight excluding hydrogens is 294 g/mol. The van der Waals surface area contributed by atoms with Crippen LogP contribution in [0.1, 0.15) is 20.9 Å². The Labute approximate surface area is 124 Å². The number of nitrogens with zero attached hydrogens (tertiary/aromatic N) is 1. The van der Waals surface area contributed by atoms with Crippen LogP contribution in [0.3, 0.4) is 0 Å². The number of phenols is 1. The standard InChI is InChI=1S/C13H13N3O4S/c1-7-11(21-6-15-7)5-14-13(20)16-9-3-2-8(12(18)19)4-10(9)17/h2-4,6,17H,5H2,1H3,(H,18,19)(H2,14,16,20). The zero-order valence-corrected chi connectivity index (χ0v) is 11.9. The van der Waals surface area contributed by atoms with Gasteiger partial charge in [0.25, 0.3) is 0 Å². The number of aromatic nitrogens is 1. The van der Waals surface area contributed by atoms with Crippen LogP contribution in [0.25, 0.3) is 0 Å². The number of aryl methyl sites for hydroxylation is 1. The number of carboxylic acid groups (broad SMARTS) is 1. The lowest BCUT2D eigenvalue weighted by Crippen LogP contribution is -2.28. The molecule has 21 heavy (non-hydrogen) atoms. The van der Waals surface area contributed by atoms with Gasteiger partial charge in [0.05, 0.1) is 29.0 Å². The number of benzene rings is 1. The van der Waals surface area contributed by atoms with Crippen LogP contribution in [-0.4, -0.2) is 27.2 Å². The number of phenolic OH excluding ortho intramolecular Hbond substituents is 1. The van der Waals surface area contributed by atoms with E-state index in [-0.39, 0.29) is 17.0 Å². The van der Waals surface area contributed by atoms with E-state index in [0.717, 1.165) is 16.6 Å². The summed E-state index contributed by atoms with van der Waals surface area (Å²) >= 11 is 1.44. The summed E-state index contributed by atoms with van der Waals surface area (Å²) in [6.07, 6.45) is 0. The van der Waals surface area contributed by atoms with E-state index in [1.54, 1.807) is 5.51 Å². The molecule has 2 amide bonds. The average molecular weight is 307 g/mol. The fraction of sp³-hybridized carbons (Fsp3) is 0.154. The second kappa shape index (κ2) is 6.23. The Morgan fingerprint density at radius 3 is 2.71 bits per heavy atom. The van der Waals surface area contributed by atoms with Crippen LogP contribution in [0.2, 0.25) is 0 Å². The van der Waals surface area contributed by atoms with Gasteiger partial charge in [0.2, 0.25) is 0 Å². The second-order valence-corrected chi connectivity index (χ2v) is 5.15. The number of hydrogen-bond acceptors (Lipinski definition) is 5. The van der Waals surface area contributed by atoms with E-state index in [4.69, 9.17) is 5.11 Å². The molecule has 0 aliphatic heterocycles. The Morgan fingerprint density at radius 1 is 1.38 bits per heavy atom. The summed E-state index contributed by atoms with van der Waals surface area (Å²) in [5.41, 5.74) is 2.63. The number of aromatic hydroxyl groups is 1. The highest BCUT2D eigenvalue weighted by atomic mass is 32.1. The molecule has 8 heteroatoms. The van der Waals surface area contributed by atoms with Crippen LogP contribution in [0.15, 0.2) is 23.7 Å². The minimum absolute atomic E-state index is 0.0567. The lowest BCUT2D eigenvalue weighted by atomic mass is 10.2. The number of rotatable bonds is 4. The maximum Gasteiger partial charge on any atom is 0.335 e. The zero-order valence-electron chi connectivity index (χ0n) is 11.1. The Balaban J connectivity index is 1.96. The molecule has 0 radical (unpaired) electrons. The van der Waals surface area contributed by atoms with Crippen molar-refractivity contribution in [3.8, 4) is 5.75 Å². The number of carbonyl (C=O) groups excluding carboxylic acids is 1. The number of hydrogen-bond donors (Lipinski definition) is 4. The molecule has 0 spiro atoms. The number of anilines is 1. The highest BCUT2D eigenvalue weighted by Gasteiger charge is 2.10. The molecule has 4 N–H and O–H groups in total. The van der Waals surface area contributed by atoms with E-state index >= 15 is 0 Å². The van der Waals surface area contributed by atoms with Crippen molar-refractivity contribution in [2.45, 2.75) is 13.5 Å². The van der Waals surface area contributed by atoms with Gasteiger partial charge in [-0.05, 0) is 25.1 Å². The van der Waals surface area contributed by atoms with Crippen molar-refractivity contribution in [3.63, 3.8) is 0 Å². The van der Waals surface area contributed by atoms with E-state index in [0.29, 0.717) is 6.54 Å². The predicted molar refractivity (Wildman–Crippen MR) is 77.8 cm³/mol. The van der Waals surface area contributed by atoms with Crippen LogP contribution in [-0.2, 0) is 6.54 Å². The number of amides is 2. The van der Waals surface area contributed by atoms with Crippen molar-refractivity contribution >= 4 is 29.0 Å². The van der Waals surface area contributed by atoms with Crippen molar-refractivity contribution in [3.05, 3.63) is 39.8 Å². The first-order chi connectivity index (χ1) is 9.97. The van der Waals surface area contributed by atoms with E-state index in [2.05, 4.69) is 15.6 Å². The van der Waals surface area contributed by atoms with Gasteiger partial charge in [-0.3, -0.25) is 0 Å². The van der Waals surface area contributed by atoms with Crippen molar-refractivity contribution in [2.75, 3.05) is 5.32 Å². The van der Waals surface area contributed by atoms with Gasteiger partial charge in [-0.2, -0.15) is 0 Å².